The number of carbonyl (C=O) groups is 2. The van der Waals surface area contributed by atoms with E-state index in [1.54, 1.807) is 12.1 Å². The number of halogens is 1. The predicted molar refractivity (Wildman–Crippen MR) is 103 cm³/mol. The zero-order valence-corrected chi connectivity index (χ0v) is 16.5. The monoisotopic (exact) mass is 389 g/mol. The van der Waals surface area contributed by atoms with Crippen LogP contribution in [0.3, 0.4) is 0 Å². The van der Waals surface area contributed by atoms with E-state index in [1.165, 1.54) is 52.1 Å². The summed E-state index contributed by atoms with van der Waals surface area (Å²) >= 11 is 0. The van der Waals surface area contributed by atoms with E-state index in [-0.39, 0.29) is 0 Å². The topological polar surface area (TPSA) is 73.9 Å². The Morgan fingerprint density at radius 2 is 1.75 bits per heavy atom. The zero-order chi connectivity index (χ0) is 20.9. The molecule has 2 rings (SSSR count). The number of aryl methyl sites for hydroxylation is 1. The first-order valence-electron chi connectivity index (χ1n) is 8.73. The Hall–Kier alpha value is -3.09. The third-order valence-corrected chi connectivity index (χ3v) is 3.94. The number of nitrogens with one attached hydrogen (secondary N) is 1. The summed E-state index contributed by atoms with van der Waals surface area (Å²) in [6, 6.07) is 10.6. The summed E-state index contributed by atoms with van der Waals surface area (Å²) in [5.74, 6) is -0.836. The first-order chi connectivity index (χ1) is 13.1. The van der Waals surface area contributed by atoms with Crippen LogP contribution in [0.25, 0.3) is 0 Å². The fraction of sp³-hybridized carbons (Fsp3) is 0.333. The van der Waals surface area contributed by atoms with Gasteiger partial charge in [-0.05, 0) is 69.7 Å². The lowest BCUT2D eigenvalue weighted by Gasteiger charge is -2.26. The van der Waals surface area contributed by atoms with E-state index in [2.05, 4.69) is 5.32 Å². The van der Waals surface area contributed by atoms with Crippen molar-refractivity contribution in [2.24, 2.45) is 0 Å². The van der Waals surface area contributed by atoms with Crippen molar-refractivity contribution in [3.63, 3.8) is 0 Å². The number of hydrogen-bond donors (Lipinski definition) is 1. The SMILES string of the molecule is COc1ccc(C)cc1NC(=O)[C@@H](C)OC(=O)C(C)(C)Oc1ccc(F)cc1. The molecule has 0 heterocycles. The Bertz CT molecular complexity index is 848. The molecule has 0 aliphatic rings. The minimum Gasteiger partial charge on any atom is -0.495 e. The van der Waals surface area contributed by atoms with Crippen LogP contribution < -0.4 is 14.8 Å². The van der Waals surface area contributed by atoms with E-state index in [9.17, 15) is 14.0 Å². The quantitative estimate of drug-likeness (QED) is 0.728. The fourth-order valence-electron chi connectivity index (χ4n) is 2.35. The van der Waals surface area contributed by atoms with E-state index in [0.717, 1.165) is 5.56 Å². The Balaban J connectivity index is 2.01. The van der Waals surface area contributed by atoms with Crippen LogP contribution in [-0.2, 0) is 14.3 Å². The number of methoxy groups -OCH3 is 1. The van der Waals surface area contributed by atoms with E-state index in [4.69, 9.17) is 14.2 Å². The van der Waals surface area contributed by atoms with Gasteiger partial charge in [-0.2, -0.15) is 0 Å². The molecule has 0 fully saturated rings. The average Bonchev–Trinajstić information content (AvgIpc) is 2.63. The first kappa shape index (κ1) is 21.2. The molecule has 0 aliphatic heterocycles. The maximum absolute atomic E-state index is 13.0. The van der Waals surface area contributed by atoms with E-state index >= 15 is 0 Å². The highest BCUT2D eigenvalue weighted by molar-refractivity contribution is 5.96. The molecule has 0 saturated carbocycles. The second kappa shape index (κ2) is 8.73. The van der Waals surface area contributed by atoms with Crippen molar-refractivity contribution in [3.8, 4) is 11.5 Å². The Morgan fingerprint density at radius 1 is 1.11 bits per heavy atom. The second-order valence-electron chi connectivity index (χ2n) is 6.81. The molecule has 0 unspecified atom stereocenters. The highest BCUT2D eigenvalue weighted by atomic mass is 19.1. The molecule has 0 saturated heterocycles. The summed E-state index contributed by atoms with van der Waals surface area (Å²) in [4.78, 5) is 24.9. The summed E-state index contributed by atoms with van der Waals surface area (Å²) in [7, 11) is 1.50. The van der Waals surface area contributed by atoms with Gasteiger partial charge in [0.25, 0.3) is 5.91 Å². The predicted octanol–water partition coefficient (Wildman–Crippen LogP) is 3.87. The number of ether oxygens (including phenoxy) is 3. The molecular formula is C21H24FNO5. The van der Waals surface area contributed by atoms with Crippen LogP contribution >= 0.6 is 0 Å². The van der Waals surface area contributed by atoms with Gasteiger partial charge in [-0.15, -0.1) is 0 Å². The van der Waals surface area contributed by atoms with Gasteiger partial charge >= 0.3 is 5.97 Å². The third-order valence-electron chi connectivity index (χ3n) is 3.94. The average molecular weight is 389 g/mol. The van der Waals surface area contributed by atoms with Crippen LogP contribution in [0.4, 0.5) is 10.1 Å². The molecule has 1 atom stereocenters. The number of hydrogen-bond acceptors (Lipinski definition) is 5. The molecule has 6 nitrogen and oxygen atoms in total. The maximum Gasteiger partial charge on any atom is 0.350 e. The minimum absolute atomic E-state index is 0.310. The highest BCUT2D eigenvalue weighted by Crippen LogP contribution is 2.26. The van der Waals surface area contributed by atoms with Gasteiger partial charge in [0, 0.05) is 0 Å². The Kier molecular flexibility index (Phi) is 6.62. The lowest BCUT2D eigenvalue weighted by molar-refractivity contribution is -0.166. The molecule has 1 amide bonds. The van der Waals surface area contributed by atoms with Crippen molar-refractivity contribution in [1.82, 2.24) is 0 Å². The van der Waals surface area contributed by atoms with Crippen molar-refractivity contribution in [2.45, 2.75) is 39.4 Å². The number of benzene rings is 2. The first-order valence-corrected chi connectivity index (χ1v) is 8.73. The lowest BCUT2D eigenvalue weighted by atomic mass is 10.1. The van der Waals surface area contributed by atoms with Gasteiger partial charge in [-0.1, -0.05) is 6.07 Å². The Morgan fingerprint density at radius 3 is 2.36 bits per heavy atom. The summed E-state index contributed by atoms with van der Waals surface area (Å²) < 4.78 is 29.1. The number of carbonyl (C=O) groups excluding carboxylic acids is 2. The van der Waals surface area contributed by atoms with E-state index in [0.29, 0.717) is 17.2 Å². The lowest BCUT2D eigenvalue weighted by Crippen LogP contribution is -2.43. The molecular weight excluding hydrogens is 365 g/mol. The summed E-state index contributed by atoms with van der Waals surface area (Å²) in [6.45, 7) is 6.36. The van der Waals surface area contributed by atoms with Crippen molar-refractivity contribution in [1.29, 1.82) is 0 Å². The molecule has 1 N–H and O–H groups in total. The zero-order valence-electron chi connectivity index (χ0n) is 16.5. The van der Waals surface area contributed by atoms with Gasteiger partial charge in [0.05, 0.1) is 12.8 Å². The second-order valence-corrected chi connectivity index (χ2v) is 6.81. The van der Waals surface area contributed by atoms with Crippen LogP contribution in [0.1, 0.15) is 26.3 Å². The smallest absolute Gasteiger partial charge is 0.350 e. The van der Waals surface area contributed by atoms with E-state index < -0.39 is 29.4 Å². The standard InChI is InChI=1S/C21H24FNO5/c1-13-6-11-18(26-5)17(12-13)23-19(24)14(2)27-20(25)21(3,4)28-16-9-7-15(22)8-10-16/h6-12,14H,1-5H3,(H,23,24)/t14-/m1/s1. The van der Waals surface area contributed by atoms with Gasteiger partial charge in [0.1, 0.15) is 17.3 Å². The van der Waals surface area contributed by atoms with Gasteiger partial charge in [-0.3, -0.25) is 4.79 Å². The van der Waals surface area contributed by atoms with E-state index in [1.807, 2.05) is 13.0 Å². The van der Waals surface area contributed by atoms with Gasteiger partial charge < -0.3 is 19.5 Å². The number of esters is 1. The Labute approximate surface area is 163 Å². The summed E-state index contributed by atoms with van der Waals surface area (Å²) in [6.07, 6.45) is -1.06. The largest absolute Gasteiger partial charge is 0.495 e. The van der Waals surface area contributed by atoms with Gasteiger partial charge in [0.2, 0.25) is 0 Å². The van der Waals surface area contributed by atoms with Gasteiger partial charge in [0.15, 0.2) is 11.7 Å². The summed E-state index contributed by atoms with van der Waals surface area (Å²) in [5.41, 5.74) is 0.0553. The van der Waals surface area contributed by atoms with Crippen LogP contribution in [0, 0.1) is 12.7 Å². The molecule has 7 heteroatoms. The number of amides is 1. The number of anilines is 1. The molecule has 2 aromatic rings. The van der Waals surface area contributed by atoms with Crippen molar-refractivity contribution < 1.29 is 28.2 Å². The molecule has 0 aliphatic carbocycles. The van der Waals surface area contributed by atoms with Crippen molar-refractivity contribution >= 4 is 17.6 Å². The molecule has 0 spiro atoms. The fourth-order valence-corrected chi connectivity index (χ4v) is 2.35. The highest BCUT2D eigenvalue weighted by Gasteiger charge is 2.34. The molecule has 0 radical (unpaired) electrons. The minimum atomic E-state index is -1.37. The van der Waals surface area contributed by atoms with Crippen molar-refractivity contribution in [2.75, 3.05) is 12.4 Å². The molecule has 0 bridgehead atoms. The van der Waals surface area contributed by atoms with Gasteiger partial charge in [-0.25, -0.2) is 9.18 Å². The summed E-state index contributed by atoms with van der Waals surface area (Å²) in [5, 5.41) is 2.69. The van der Waals surface area contributed by atoms with Crippen LogP contribution in [0.5, 0.6) is 11.5 Å². The molecule has 150 valence electrons. The molecule has 0 aromatic heterocycles. The van der Waals surface area contributed by atoms with Crippen molar-refractivity contribution in [3.05, 3.63) is 53.8 Å². The normalized spacial score (nSPS) is 12.1. The molecule has 2 aromatic carbocycles. The van der Waals surface area contributed by atoms with Crippen LogP contribution in [0.15, 0.2) is 42.5 Å². The van der Waals surface area contributed by atoms with Crippen LogP contribution in [-0.4, -0.2) is 30.7 Å². The third kappa shape index (κ3) is 5.45. The van der Waals surface area contributed by atoms with Crippen LogP contribution in [0.2, 0.25) is 0 Å². The number of rotatable bonds is 7. The maximum atomic E-state index is 13.0. The molecule has 28 heavy (non-hydrogen) atoms.